The minimum absolute atomic E-state index is 0.0119. The number of aryl methyl sites for hydroxylation is 1. The molecule has 5 heteroatoms. The van der Waals surface area contributed by atoms with Gasteiger partial charge in [0.2, 0.25) is 0 Å². The van der Waals surface area contributed by atoms with E-state index in [0.29, 0.717) is 0 Å². The van der Waals surface area contributed by atoms with Gasteiger partial charge in [0.15, 0.2) is 0 Å². The zero-order valence-corrected chi connectivity index (χ0v) is 12.5. The second-order valence-corrected chi connectivity index (χ2v) is 4.87. The van der Waals surface area contributed by atoms with Gasteiger partial charge >= 0.3 is 0 Å². The van der Waals surface area contributed by atoms with Gasteiger partial charge in [-0.25, -0.2) is 9.97 Å². The van der Waals surface area contributed by atoms with Crippen LogP contribution in [-0.4, -0.2) is 34.3 Å². The lowest BCUT2D eigenvalue weighted by Crippen LogP contribution is -2.22. The van der Waals surface area contributed by atoms with Crippen LogP contribution in [0.5, 0.6) is 0 Å². The van der Waals surface area contributed by atoms with Gasteiger partial charge in [-0.3, -0.25) is 0 Å². The zero-order valence-electron chi connectivity index (χ0n) is 12.5. The Balaban J connectivity index is 3.01. The van der Waals surface area contributed by atoms with Gasteiger partial charge in [0, 0.05) is 24.6 Å². The van der Waals surface area contributed by atoms with Crippen molar-refractivity contribution in [2.75, 3.05) is 23.8 Å². The molecule has 19 heavy (non-hydrogen) atoms. The highest BCUT2D eigenvalue weighted by Crippen LogP contribution is 2.21. The topological polar surface area (TPSA) is 70.1 Å². The van der Waals surface area contributed by atoms with Crippen LogP contribution in [0.15, 0.2) is 0 Å². The highest BCUT2D eigenvalue weighted by molar-refractivity contribution is 5.57. The molecule has 1 atom stereocenters. The SMILES string of the molecule is CCCNc1nc(CCC)nc(NC(C)CO)c1C. The van der Waals surface area contributed by atoms with Crippen molar-refractivity contribution >= 4 is 11.6 Å². The molecule has 108 valence electrons. The normalized spacial score (nSPS) is 12.3. The van der Waals surface area contributed by atoms with E-state index in [1.165, 1.54) is 0 Å². The third-order valence-electron chi connectivity index (χ3n) is 2.87. The summed E-state index contributed by atoms with van der Waals surface area (Å²) >= 11 is 0. The molecule has 0 aliphatic carbocycles. The van der Waals surface area contributed by atoms with Crippen molar-refractivity contribution in [3.63, 3.8) is 0 Å². The van der Waals surface area contributed by atoms with Gasteiger partial charge in [-0.1, -0.05) is 13.8 Å². The summed E-state index contributed by atoms with van der Waals surface area (Å²) in [5, 5.41) is 15.7. The summed E-state index contributed by atoms with van der Waals surface area (Å²) in [4.78, 5) is 9.11. The Kier molecular flexibility index (Phi) is 6.56. The van der Waals surface area contributed by atoms with E-state index in [1.54, 1.807) is 0 Å². The highest BCUT2D eigenvalue weighted by Gasteiger charge is 2.12. The standard InChI is InChI=1S/C14H26N4O/c1-5-7-12-17-13(15-8-6-2)11(4)14(18-12)16-10(3)9-19/h10,19H,5-9H2,1-4H3,(H2,15,16,17,18). The number of aliphatic hydroxyl groups excluding tert-OH is 1. The average Bonchev–Trinajstić information content (AvgIpc) is 2.40. The Bertz CT molecular complexity index is 395. The molecular weight excluding hydrogens is 240 g/mol. The predicted octanol–water partition coefficient (Wildman–Crippen LogP) is 2.35. The molecule has 1 unspecified atom stereocenters. The van der Waals surface area contributed by atoms with Crippen LogP contribution in [-0.2, 0) is 6.42 Å². The molecule has 0 amide bonds. The van der Waals surface area contributed by atoms with E-state index < -0.39 is 0 Å². The van der Waals surface area contributed by atoms with E-state index >= 15 is 0 Å². The van der Waals surface area contributed by atoms with Crippen LogP contribution in [0.1, 0.15) is 45.0 Å². The van der Waals surface area contributed by atoms with Crippen molar-refractivity contribution in [2.24, 2.45) is 0 Å². The molecule has 1 rings (SSSR count). The van der Waals surface area contributed by atoms with Crippen molar-refractivity contribution in [1.82, 2.24) is 9.97 Å². The molecular formula is C14H26N4O. The summed E-state index contributed by atoms with van der Waals surface area (Å²) in [6, 6.07) is -0.0119. The van der Waals surface area contributed by atoms with Gasteiger partial charge in [0.1, 0.15) is 17.5 Å². The fourth-order valence-electron chi connectivity index (χ4n) is 1.73. The lowest BCUT2D eigenvalue weighted by Gasteiger charge is -2.17. The fourth-order valence-corrected chi connectivity index (χ4v) is 1.73. The minimum atomic E-state index is -0.0119. The Labute approximate surface area is 115 Å². The molecule has 0 bridgehead atoms. The van der Waals surface area contributed by atoms with E-state index in [1.807, 2.05) is 13.8 Å². The summed E-state index contributed by atoms with van der Waals surface area (Å²) in [5.74, 6) is 2.56. The van der Waals surface area contributed by atoms with E-state index in [-0.39, 0.29) is 12.6 Å². The van der Waals surface area contributed by atoms with Gasteiger partial charge < -0.3 is 15.7 Å². The largest absolute Gasteiger partial charge is 0.394 e. The van der Waals surface area contributed by atoms with Crippen molar-refractivity contribution in [2.45, 2.75) is 53.0 Å². The van der Waals surface area contributed by atoms with Crippen LogP contribution in [0.4, 0.5) is 11.6 Å². The summed E-state index contributed by atoms with van der Waals surface area (Å²) in [6.07, 6.45) is 2.94. The molecule has 0 aromatic carbocycles. The van der Waals surface area contributed by atoms with E-state index in [4.69, 9.17) is 5.11 Å². The molecule has 0 saturated heterocycles. The summed E-state index contributed by atoms with van der Waals surface area (Å²) in [7, 11) is 0. The maximum absolute atomic E-state index is 9.15. The average molecular weight is 266 g/mol. The molecule has 0 aliphatic rings. The first-order valence-electron chi connectivity index (χ1n) is 7.11. The number of nitrogens with one attached hydrogen (secondary N) is 2. The molecule has 0 spiro atoms. The predicted molar refractivity (Wildman–Crippen MR) is 79.7 cm³/mol. The molecule has 0 aliphatic heterocycles. The van der Waals surface area contributed by atoms with Crippen LogP contribution < -0.4 is 10.6 Å². The number of rotatable bonds is 8. The highest BCUT2D eigenvalue weighted by atomic mass is 16.3. The number of aromatic nitrogens is 2. The van der Waals surface area contributed by atoms with Gasteiger partial charge in [0.25, 0.3) is 0 Å². The Morgan fingerprint density at radius 3 is 2.42 bits per heavy atom. The van der Waals surface area contributed by atoms with E-state index in [0.717, 1.165) is 48.8 Å². The summed E-state index contributed by atoms with van der Waals surface area (Å²) in [5.41, 5.74) is 1.01. The monoisotopic (exact) mass is 266 g/mol. The molecule has 0 radical (unpaired) electrons. The minimum Gasteiger partial charge on any atom is -0.394 e. The first-order chi connectivity index (χ1) is 9.12. The quantitative estimate of drug-likeness (QED) is 0.674. The molecule has 1 aromatic rings. The summed E-state index contributed by atoms with van der Waals surface area (Å²) < 4.78 is 0. The van der Waals surface area contributed by atoms with Crippen LogP contribution in [0.2, 0.25) is 0 Å². The van der Waals surface area contributed by atoms with Crippen LogP contribution in [0.3, 0.4) is 0 Å². The lowest BCUT2D eigenvalue weighted by atomic mass is 10.2. The molecule has 3 N–H and O–H groups in total. The maximum atomic E-state index is 9.15. The molecule has 0 saturated carbocycles. The van der Waals surface area contributed by atoms with Crippen molar-refractivity contribution in [3.05, 3.63) is 11.4 Å². The smallest absolute Gasteiger partial charge is 0.135 e. The van der Waals surface area contributed by atoms with Gasteiger partial charge in [0.05, 0.1) is 6.61 Å². The number of hydrogen-bond donors (Lipinski definition) is 3. The Morgan fingerprint density at radius 2 is 1.84 bits per heavy atom. The number of nitrogens with zero attached hydrogens (tertiary/aromatic N) is 2. The van der Waals surface area contributed by atoms with Crippen molar-refractivity contribution in [1.29, 1.82) is 0 Å². The second kappa shape index (κ2) is 7.94. The maximum Gasteiger partial charge on any atom is 0.135 e. The lowest BCUT2D eigenvalue weighted by molar-refractivity contribution is 0.281. The van der Waals surface area contributed by atoms with Crippen LogP contribution >= 0.6 is 0 Å². The third-order valence-corrected chi connectivity index (χ3v) is 2.87. The van der Waals surface area contributed by atoms with Gasteiger partial charge in [-0.2, -0.15) is 0 Å². The van der Waals surface area contributed by atoms with Crippen LogP contribution in [0.25, 0.3) is 0 Å². The molecule has 1 heterocycles. The Hall–Kier alpha value is -1.36. The first kappa shape index (κ1) is 15.7. The van der Waals surface area contributed by atoms with E-state index in [2.05, 4.69) is 34.4 Å². The Morgan fingerprint density at radius 1 is 1.16 bits per heavy atom. The molecule has 1 aromatic heterocycles. The third kappa shape index (κ3) is 4.67. The van der Waals surface area contributed by atoms with Crippen LogP contribution in [0, 0.1) is 6.92 Å². The van der Waals surface area contributed by atoms with Crippen molar-refractivity contribution < 1.29 is 5.11 Å². The van der Waals surface area contributed by atoms with Gasteiger partial charge in [-0.05, 0) is 26.7 Å². The number of aliphatic hydroxyl groups is 1. The number of hydrogen-bond acceptors (Lipinski definition) is 5. The summed E-state index contributed by atoms with van der Waals surface area (Å²) in [6.45, 7) is 9.16. The molecule has 5 nitrogen and oxygen atoms in total. The van der Waals surface area contributed by atoms with E-state index in [9.17, 15) is 0 Å². The molecule has 0 fully saturated rings. The fraction of sp³-hybridized carbons (Fsp3) is 0.714. The van der Waals surface area contributed by atoms with Gasteiger partial charge in [-0.15, -0.1) is 0 Å². The number of anilines is 2. The first-order valence-corrected chi connectivity index (χ1v) is 7.11. The zero-order chi connectivity index (χ0) is 14.3. The second-order valence-electron chi connectivity index (χ2n) is 4.87. The van der Waals surface area contributed by atoms with Crippen molar-refractivity contribution in [3.8, 4) is 0 Å².